The Kier molecular flexibility index (Phi) is 4.85. The summed E-state index contributed by atoms with van der Waals surface area (Å²) < 4.78 is 5.06. The molecule has 0 bridgehead atoms. The fourth-order valence-corrected chi connectivity index (χ4v) is 1.09. The minimum atomic E-state index is -0.318. The van der Waals surface area contributed by atoms with Crippen LogP contribution in [-0.4, -0.2) is 25.9 Å². The molecule has 2 N–H and O–H groups in total. The predicted octanol–water partition coefficient (Wildman–Crippen LogP) is 1.35. The van der Waals surface area contributed by atoms with Crippen molar-refractivity contribution < 1.29 is 9.53 Å². The number of hydrogen-bond acceptors (Lipinski definition) is 3. The standard InChI is InChI=1S/C11H15N3O2/c1-3-12-11(15)14-13-8-9-5-4-6-10(7-9)16-2/h4-8H,3H2,1-2H3,(H2,12,14,15)/b13-8+. The van der Waals surface area contributed by atoms with E-state index in [0.717, 1.165) is 11.3 Å². The number of amides is 2. The molecule has 2 amide bonds. The number of hydrogen-bond donors (Lipinski definition) is 2. The first-order chi connectivity index (χ1) is 7.76. The monoisotopic (exact) mass is 221 g/mol. The molecule has 5 heteroatoms. The molecule has 0 radical (unpaired) electrons. The van der Waals surface area contributed by atoms with Crippen LogP contribution in [0.3, 0.4) is 0 Å². The molecule has 0 aliphatic carbocycles. The second kappa shape index (κ2) is 6.44. The van der Waals surface area contributed by atoms with Crippen LogP contribution in [-0.2, 0) is 0 Å². The third-order valence-corrected chi connectivity index (χ3v) is 1.81. The summed E-state index contributed by atoms with van der Waals surface area (Å²) in [5, 5.41) is 6.36. The van der Waals surface area contributed by atoms with Gasteiger partial charge in [-0.05, 0) is 24.6 Å². The molecule has 0 atom stereocenters. The third kappa shape index (κ3) is 4.00. The Hall–Kier alpha value is -2.04. The summed E-state index contributed by atoms with van der Waals surface area (Å²) in [6, 6.07) is 7.07. The molecule has 0 saturated heterocycles. The minimum absolute atomic E-state index is 0.318. The van der Waals surface area contributed by atoms with Crippen molar-refractivity contribution in [3.05, 3.63) is 29.8 Å². The summed E-state index contributed by atoms with van der Waals surface area (Å²) in [6.45, 7) is 2.41. The summed E-state index contributed by atoms with van der Waals surface area (Å²) in [5.74, 6) is 0.752. The number of carbonyl (C=O) groups excluding carboxylic acids is 1. The number of nitrogens with one attached hydrogen (secondary N) is 2. The van der Waals surface area contributed by atoms with E-state index in [-0.39, 0.29) is 6.03 Å². The highest BCUT2D eigenvalue weighted by molar-refractivity contribution is 5.82. The smallest absolute Gasteiger partial charge is 0.335 e. The van der Waals surface area contributed by atoms with Crippen LogP contribution in [0.4, 0.5) is 4.79 Å². The zero-order valence-corrected chi connectivity index (χ0v) is 9.36. The van der Waals surface area contributed by atoms with Crippen LogP contribution in [0.5, 0.6) is 5.75 Å². The van der Waals surface area contributed by atoms with Gasteiger partial charge in [0.15, 0.2) is 0 Å². The molecule has 1 aromatic carbocycles. The quantitative estimate of drug-likeness (QED) is 0.595. The van der Waals surface area contributed by atoms with Crippen molar-refractivity contribution in [2.24, 2.45) is 5.10 Å². The number of carbonyl (C=O) groups is 1. The maximum atomic E-state index is 11.0. The van der Waals surface area contributed by atoms with Gasteiger partial charge < -0.3 is 10.1 Å². The average molecular weight is 221 g/mol. The number of nitrogens with zero attached hydrogens (tertiary/aromatic N) is 1. The molecule has 16 heavy (non-hydrogen) atoms. The Balaban J connectivity index is 2.52. The number of rotatable bonds is 4. The Morgan fingerprint density at radius 3 is 3.06 bits per heavy atom. The van der Waals surface area contributed by atoms with Gasteiger partial charge in [-0.2, -0.15) is 5.10 Å². The van der Waals surface area contributed by atoms with Crippen LogP contribution < -0.4 is 15.5 Å². The van der Waals surface area contributed by atoms with Crippen molar-refractivity contribution in [2.45, 2.75) is 6.92 Å². The number of ether oxygens (including phenoxy) is 1. The van der Waals surface area contributed by atoms with Gasteiger partial charge in [0.05, 0.1) is 13.3 Å². The van der Waals surface area contributed by atoms with Gasteiger partial charge in [0.25, 0.3) is 0 Å². The highest BCUT2D eigenvalue weighted by Gasteiger charge is 1.94. The summed E-state index contributed by atoms with van der Waals surface area (Å²) in [7, 11) is 1.60. The molecule has 0 unspecified atom stereocenters. The van der Waals surface area contributed by atoms with Crippen LogP contribution in [0.15, 0.2) is 29.4 Å². The Morgan fingerprint density at radius 1 is 1.56 bits per heavy atom. The normalized spacial score (nSPS) is 10.1. The van der Waals surface area contributed by atoms with Crippen molar-refractivity contribution in [2.75, 3.05) is 13.7 Å². The van der Waals surface area contributed by atoms with Crippen LogP contribution >= 0.6 is 0 Å². The van der Waals surface area contributed by atoms with Crippen LogP contribution in [0.2, 0.25) is 0 Å². The third-order valence-electron chi connectivity index (χ3n) is 1.81. The average Bonchev–Trinajstić information content (AvgIpc) is 2.30. The lowest BCUT2D eigenvalue weighted by molar-refractivity contribution is 0.242. The first-order valence-corrected chi connectivity index (χ1v) is 4.97. The summed E-state index contributed by atoms with van der Waals surface area (Å²) >= 11 is 0. The van der Waals surface area contributed by atoms with E-state index in [2.05, 4.69) is 15.8 Å². The van der Waals surface area contributed by atoms with Gasteiger partial charge >= 0.3 is 6.03 Å². The first-order valence-electron chi connectivity index (χ1n) is 4.97. The molecule has 0 aliphatic heterocycles. The van der Waals surface area contributed by atoms with Gasteiger partial charge in [0.2, 0.25) is 0 Å². The van der Waals surface area contributed by atoms with Crippen LogP contribution in [0.1, 0.15) is 12.5 Å². The van der Waals surface area contributed by atoms with Gasteiger partial charge in [0, 0.05) is 6.54 Å². The van der Waals surface area contributed by atoms with E-state index < -0.39 is 0 Å². The number of urea groups is 1. The van der Waals surface area contributed by atoms with Crippen molar-refractivity contribution in [1.29, 1.82) is 0 Å². The second-order valence-corrected chi connectivity index (χ2v) is 3.01. The molecule has 0 spiro atoms. The zero-order valence-electron chi connectivity index (χ0n) is 9.36. The van der Waals surface area contributed by atoms with Crippen LogP contribution in [0.25, 0.3) is 0 Å². The maximum Gasteiger partial charge on any atom is 0.335 e. The minimum Gasteiger partial charge on any atom is -0.497 e. The van der Waals surface area contributed by atoms with E-state index >= 15 is 0 Å². The molecule has 0 saturated carbocycles. The molecule has 1 aromatic rings. The van der Waals surface area contributed by atoms with Crippen molar-refractivity contribution in [1.82, 2.24) is 10.7 Å². The SMILES string of the molecule is CCNC(=O)N/N=C/c1cccc(OC)c1. The lowest BCUT2D eigenvalue weighted by atomic mass is 10.2. The maximum absolute atomic E-state index is 11.0. The Labute approximate surface area is 94.5 Å². The molecule has 0 heterocycles. The van der Waals surface area contributed by atoms with Gasteiger partial charge in [-0.25, -0.2) is 10.2 Å². The topological polar surface area (TPSA) is 62.7 Å². The number of hydrazone groups is 1. The van der Waals surface area contributed by atoms with E-state index in [1.807, 2.05) is 31.2 Å². The molecule has 1 rings (SSSR count). The van der Waals surface area contributed by atoms with Gasteiger partial charge in [-0.15, -0.1) is 0 Å². The largest absolute Gasteiger partial charge is 0.497 e. The fraction of sp³-hybridized carbons (Fsp3) is 0.273. The lowest BCUT2D eigenvalue weighted by Gasteiger charge is -2.01. The number of benzene rings is 1. The van der Waals surface area contributed by atoms with E-state index in [4.69, 9.17) is 4.74 Å². The second-order valence-electron chi connectivity index (χ2n) is 3.01. The molecule has 0 fully saturated rings. The molecule has 0 aromatic heterocycles. The lowest BCUT2D eigenvalue weighted by Crippen LogP contribution is -2.31. The Morgan fingerprint density at radius 2 is 2.38 bits per heavy atom. The van der Waals surface area contributed by atoms with Crippen molar-refractivity contribution in [3.8, 4) is 5.75 Å². The molecular formula is C11H15N3O2. The molecule has 86 valence electrons. The van der Waals surface area contributed by atoms with Crippen molar-refractivity contribution in [3.63, 3.8) is 0 Å². The van der Waals surface area contributed by atoms with E-state index in [9.17, 15) is 4.79 Å². The zero-order chi connectivity index (χ0) is 11.8. The first kappa shape index (κ1) is 12.0. The predicted molar refractivity (Wildman–Crippen MR) is 62.8 cm³/mol. The van der Waals surface area contributed by atoms with E-state index in [0.29, 0.717) is 6.54 Å². The van der Waals surface area contributed by atoms with Gasteiger partial charge in [-0.3, -0.25) is 0 Å². The summed E-state index contributed by atoms with van der Waals surface area (Å²) in [5.41, 5.74) is 3.21. The molecule has 5 nitrogen and oxygen atoms in total. The van der Waals surface area contributed by atoms with Gasteiger partial charge in [-0.1, -0.05) is 12.1 Å². The van der Waals surface area contributed by atoms with Crippen molar-refractivity contribution >= 4 is 12.2 Å². The fourth-order valence-electron chi connectivity index (χ4n) is 1.09. The van der Waals surface area contributed by atoms with Crippen LogP contribution in [0, 0.1) is 0 Å². The van der Waals surface area contributed by atoms with E-state index in [1.165, 1.54) is 0 Å². The highest BCUT2D eigenvalue weighted by Crippen LogP contribution is 2.10. The Bertz CT molecular complexity index is 377. The number of methoxy groups -OCH3 is 1. The molecular weight excluding hydrogens is 206 g/mol. The summed E-state index contributed by atoms with van der Waals surface area (Å²) in [6.07, 6.45) is 1.55. The molecule has 0 aliphatic rings. The summed E-state index contributed by atoms with van der Waals surface area (Å²) in [4.78, 5) is 11.0. The van der Waals surface area contributed by atoms with Gasteiger partial charge in [0.1, 0.15) is 5.75 Å². The van der Waals surface area contributed by atoms with E-state index in [1.54, 1.807) is 13.3 Å². The highest BCUT2D eigenvalue weighted by atomic mass is 16.5.